The van der Waals surface area contributed by atoms with Gasteiger partial charge in [0, 0.05) is 17.8 Å². The molecule has 0 N–H and O–H groups in total. The molecular weight excluding hydrogens is 417 g/mol. The van der Waals surface area contributed by atoms with Crippen LogP contribution in [0.2, 0.25) is 0 Å². The van der Waals surface area contributed by atoms with E-state index >= 15 is 0 Å². The lowest BCUT2D eigenvalue weighted by atomic mass is 9.95. The minimum Gasteiger partial charge on any atom is -0.325 e. The Morgan fingerprint density at radius 3 is 2.88 bits per heavy atom. The highest BCUT2D eigenvalue weighted by molar-refractivity contribution is 5.92. The third-order valence-electron chi connectivity index (χ3n) is 6.20. The second-order valence-corrected chi connectivity index (χ2v) is 8.23. The summed E-state index contributed by atoms with van der Waals surface area (Å²) in [5.41, 5.74) is 1.96. The lowest BCUT2D eigenvalue weighted by Crippen LogP contribution is -2.26. The van der Waals surface area contributed by atoms with Crippen molar-refractivity contribution in [1.29, 1.82) is 0 Å². The Morgan fingerprint density at radius 1 is 1.19 bits per heavy atom. The Labute approximate surface area is 181 Å². The Morgan fingerprint density at radius 2 is 2.06 bits per heavy atom. The van der Waals surface area contributed by atoms with Gasteiger partial charge in [0.25, 0.3) is 12.2 Å². The van der Waals surface area contributed by atoms with E-state index in [9.17, 15) is 13.2 Å². The van der Waals surface area contributed by atoms with Gasteiger partial charge in [-0.15, -0.1) is 10.2 Å². The molecule has 6 rings (SSSR count). The van der Waals surface area contributed by atoms with Gasteiger partial charge < -0.3 is 4.90 Å². The van der Waals surface area contributed by atoms with E-state index in [-0.39, 0.29) is 0 Å². The summed E-state index contributed by atoms with van der Waals surface area (Å²) in [5, 5.41) is 8.49. The third-order valence-corrected chi connectivity index (χ3v) is 6.20. The van der Waals surface area contributed by atoms with Crippen LogP contribution in [0.25, 0.3) is 16.8 Å². The predicted octanol–water partition coefficient (Wildman–Crippen LogP) is 4.29. The molecule has 1 aliphatic heterocycles. The van der Waals surface area contributed by atoms with Crippen molar-refractivity contribution in [3.05, 3.63) is 53.7 Å². The number of nitrogens with zero attached hydrogens (tertiary/aromatic N) is 6. The standard InChI is InChI=1S/C23H17F3N6/c24-15-11-17-19(27-12-15)32-13-28-30-22(32)29-20(17)31-10-2-4-16-14(3-1-5-18(16)31)6-7-23(8-9-23)21(25)26/h1,3,5,11-13,21H,2,4,8-10H2. The van der Waals surface area contributed by atoms with E-state index in [1.165, 1.54) is 12.4 Å². The molecule has 4 aromatic rings. The average Bonchev–Trinajstić information content (AvgIpc) is 3.45. The number of halogens is 3. The fourth-order valence-corrected chi connectivity index (χ4v) is 4.29. The summed E-state index contributed by atoms with van der Waals surface area (Å²) in [5.74, 6) is 6.29. The van der Waals surface area contributed by atoms with Gasteiger partial charge in [0.15, 0.2) is 5.65 Å². The minimum atomic E-state index is -2.43. The van der Waals surface area contributed by atoms with Gasteiger partial charge >= 0.3 is 0 Å². The zero-order valence-electron chi connectivity index (χ0n) is 16.9. The maximum Gasteiger partial charge on any atom is 0.258 e. The average molecular weight is 434 g/mol. The molecule has 0 bridgehead atoms. The maximum absolute atomic E-state index is 14.1. The number of rotatable bonds is 2. The molecule has 0 saturated heterocycles. The van der Waals surface area contributed by atoms with Crippen LogP contribution in [0.1, 0.15) is 30.4 Å². The molecule has 0 radical (unpaired) electrons. The molecule has 0 amide bonds. The largest absolute Gasteiger partial charge is 0.325 e. The minimum absolute atomic E-state index is 0.363. The first-order valence-electron chi connectivity index (χ1n) is 10.4. The van der Waals surface area contributed by atoms with Crippen LogP contribution >= 0.6 is 0 Å². The molecule has 1 fully saturated rings. The Bertz CT molecular complexity index is 1430. The number of anilines is 2. The summed E-state index contributed by atoms with van der Waals surface area (Å²) in [6, 6.07) is 7.08. The van der Waals surface area contributed by atoms with E-state index in [2.05, 4.69) is 32.0 Å². The van der Waals surface area contributed by atoms with Gasteiger partial charge in [-0.25, -0.2) is 22.6 Å². The van der Waals surface area contributed by atoms with Crippen LogP contribution in [-0.2, 0) is 6.42 Å². The molecule has 0 unspecified atom stereocenters. The van der Waals surface area contributed by atoms with E-state index in [1.54, 1.807) is 4.40 Å². The van der Waals surface area contributed by atoms with E-state index < -0.39 is 17.7 Å². The van der Waals surface area contributed by atoms with Crippen molar-refractivity contribution in [2.45, 2.75) is 32.1 Å². The van der Waals surface area contributed by atoms with Crippen molar-refractivity contribution in [3.8, 4) is 11.8 Å². The summed E-state index contributed by atoms with van der Waals surface area (Å²) in [4.78, 5) is 10.9. The number of fused-ring (bicyclic) bond motifs is 4. The second kappa shape index (κ2) is 6.92. The van der Waals surface area contributed by atoms with Crippen molar-refractivity contribution >= 4 is 28.3 Å². The second-order valence-electron chi connectivity index (χ2n) is 8.23. The molecule has 1 aliphatic carbocycles. The number of aromatic nitrogens is 5. The lowest BCUT2D eigenvalue weighted by molar-refractivity contribution is 0.0921. The molecule has 0 spiro atoms. The van der Waals surface area contributed by atoms with Gasteiger partial charge in [0.2, 0.25) is 0 Å². The zero-order valence-corrected chi connectivity index (χ0v) is 16.9. The van der Waals surface area contributed by atoms with E-state index in [1.807, 2.05) is 23.1 Å². The molecule has 32 heavy (non-hydrogen) atoms. The van der Waals surface area contributed by atoms with Crippen LogP contribution in [0.4, 0.5) is 24.7 Å². The summed E-state index contributed by atoms with van der Waals surface area (Å²) < 4.78 is 42.4. The van der Waals surface area contributed by atoms with Crippen molar-refractivity contribution in [2.24, 2.45) is 5.41 Å². The highest BCUT2D eigenvalue weighted by Gasteiger charge is 2.50. The van der Waals surface area contributed by atoms with E-state index in [0.717, 1.165) is 35.9 Å². The van der Waals surface area contributed by atoms with Crippen LogP contribution in [0.3, 0.4) is 0 Å². The van der Waals surface area contributed by atoms with Crippen molar-refractivity contribution in [3.63, 3.8) is 0 Å². The van der Waals surface area contributed by atoms with Gasteiger partial charge in [-0.1, -0.05) is 17.9 Å². The monoisotopic (exact) mass is 434 g/mol. The van der Waals surface area contributed by atoms with Crippen LogP contribution in [0.5, 0.6) is 0 Å². The van der Waals surface area contributed by atoms with Crippen molar-refractivity contribution in [1.82, 2.24) is 24.6 Å². The third kappa shape index (κ3) is 2.90. The zero-order chi connectivity index (χ0) is 21.9. The fraction of sp³-hybridized carbons (Fsp3) is 0.304. The highest BCUT2D eigenvalue weighted by Crippen LogP contribution is 2.50. The van der Waals surface area contributed by atoms with Gasteiger partial charge in [-0.2, -0.15) is 4.98 Å². The topological polar surface area (TPSA) is 59.2 Å². The summed E-state index contributed by atoms with van der Waals surface area (Å²) in [7, 11) is 0. The predicted molar refractivity (Wildman–Crippen MR) is 112 cm³/mol. The van der Waals surface area contributed by atoms with Crippen LogP contribution < -0.4 is 4.90 Å². The fourth-order valence-electron chi connectivity index (χ4n) is 4.29. The molecular formula is C23H17F3N6. The van der Waals surface area contributed by atoms with E-state index in [4.69, 9.17) is 0 Å². The molecule has 9 heteroatoms. The normalized spacial score (nSPS) is 16.8. The first kappa shape index (κ1) is 19.0. The van der Waals surface area contributed by atoms with Gasteiger partial charge in [-0.05, 0) is 49.4 Å². The summed E-state index contributed by atoms with van der Waals surface area (Å²) >= 11 is 0. The van der Waals surface area contributed by atoms with Gasteiger partial charge in [0.1, 0.15) is 18.0 Å². The number of hydrogen-bond acceptors (Lipinski definition) is 5. The number of alkyl halides is 2. The van der Waals surface area contributed by atoms with Crippen molar-refractivity contribution in [2.75, 3.05) is 11.4 Å². The quantitative estimate of drug-likeness (QED) is 0.441. The summed E-state index contributed by atoms with van der Waals surface area (Å²) in [6.45, 7) is 0.660. The first-order chi connectivity index (χ1) is 15.6. The van der Waals surface area contributed by atoms with Crippen molar-refractivity contribution < 1.29 is 13.2 Å². The molecule has 1 saturated carbocycles. The Hall–Kier alpha value is -3.67. The first-order valence-corrected chi connectivity index (χ1v) is 10.4. The Kier molecular flexibility index (Phi) is 4.12. The SMILES string of the molecule is Fc1cnc2c(c1)c(N1CCCc3c(C#CC4(C(F)F)CC4)cccc31)nc1nncn12. The molecule has 0 atom stereocenters. The number of benzene rings is 1. The molecule has 3 aromatic heterocycles. The molecule has 6 nitrogen and oxygen atoms in total. The van der Waals surface area contributed by atoms with Crippen LogP contribution in [0.15, 0.2) is 36.8 Å². The maximum atomic E-state index is 14.1. The lowest BCUT2D eigenvalue weighted by Gasteiger charge is -2.31. The number of pyridine rings is 1. The smallest absolute Gasteiger partial charge is 0.258 e. The Balaban J connectivity index is 1.51. The van der Waals surface area contributed by atoms with Crippen LogP contribution in [0, 0.1) is 23.1 Å². The molecule has 1 aromatic carbocycles. The molecule has 2 aliphatic rings. The van der Waals surface area contributed by atoms with Gasteiger partial charge in [-0.3, -0.25) is 0 Å². The number of hydrogen-bond donors (Lipinski definition) is 0. The molecule has 160 valence electrons. The van der Waals surface area contributed by atoms with Gasteiger partial charge in [0.05, 0.1) is 17.0 Å². The van der Waals surface area contributed by atoms with E-state index in [0.29, 0.717) is 42.0 Å². The highest BCUT2D eigenvalue weighted by atomic mass is 19.3. The summed E-state index contributed by atoms with van der Waals surface area (Å²) in [6.07, 6.45) is 2.68. The van der Waals surface area contributed by atoms with Crippen LogP contribution in [-0.4, -0.2) is 37.5 Å². The molecule has 4 heterocycles.